The van der Waals surface area contributed by atoms with E-state index in [4.69, 9.17) is 11.6 Å². The summed E-state index contributed by atoms with van der Waals surface area (Å²) in [5.74, 6) is -0.337. The first-order chi connectivity index (χ1) is 10.5. The fraction of sp³-hybridized carbons (Fsp3) is 0.125. The second-order valence-corrected chi connectivity index (χ2v) is 5.88. The van der Waals surface area contributed by atoms with Gasteiger partial charge in [-0.05, 0) is 42.5 Å². The van der Waals surface area contributed by atoms with Crippen molar-refractivity contribution < 1.29 is 9.59 Å². The average Bonchev–Trinajstić information content (AvgIpc) is 2.50. The third kappa shape index (κ3) is 4.32. The molecule has 114 valence electrons. The summed E-state index contributed by atoms with van der Waals surface area (Å²) < 4.78 is 0.839. The van der Waals surface area contributed by atoms with Crippen molar-refractivity contribution in [2.45, 2.75) is 13.3 Å². The van der Waals surface area contributed by atoms with Crippen LogP contribution < -0.4 is 10.6 Å². The number of benzene rings is 2. The molecule has 0 saturated heterocycles. The van der Waals surface area contributed by atoms with E-state index < -0.39 is 0 Å². The smallest absolute Gasteiger partial charge is 0.255 e. The van der Waals surface area contributed by atoms with Gasteiger partial charge in [0.15, 0.2) is 0 Å². The van der Waals surface area contributed by atoms with Crippen LogP contribution in [-0.2, 0) is 4.79 Å². The van der Waals surface area contributed by atoms with Gasteiger partial charge in [0.1, 0.15) is 0 Å². The maximum Gasteiger partial charge on any atom is 0.255 e. The highest BCUT2D eigenvalue weighted by molar-refractivity contribution is 9.10. The lowest BCUT2D eigenvalue weighted by atomic mass is 10.2. The third-order valence-corrected chi connectivity index (χ3v) is 3.74. The summed E-state index contributed by atoms with van der Waals surface area (Å²) in [6.07, 6.45) is 0.407. The number of nitrogens with one attached hydrogen (secondary N) is 2. The Kier molecular flexibility index (Phi) is 5.57. The molecule has 0 atom stereocenters. The predicted octanol–water partition coefficient (Wildman–Crippen LogP) is 4.70. The highest BCUT2D eigenvalue weighted by atomic mass is 79.9. The van der Waals surface area contributed by atoms with E-state index in [1.54, 1.807) is 49.4 Å². The molecule has 2 N–H and O–H groups in total. The van der Waals surface area contributed by atoms with Gasteiger partial charge in [-0.25, -0.2) is 0 Å². The molecule has 0 aliphatic rings. The van der Waals surface area contributed by atoms with Crippen LogP contribution in [0.2, 0.25) is 5.02 Å². The maximum absolute atomic E-state index is 12.2. The van der Waals surface area contributed by atoms with Gasteiger partial charge >= 0.3 is 0 Å². The van der Waals surface area contributed by atoms with Crippen LogP contribution in [-0.4, -0.2) is 11.8 Å². The van der Waals surface area contributed by atoms with Crippen LogP contribution in [0, 0.1) is 0 Å². The maximum atomic E-state index is 12.2. The van der Waals surface area contributed by atoms with Gasteiger partial charge in [0.25, 0.3) is 5.91 Å². The number of hydrogen-bond donors (Lipinski definition) is 2. The first kappa shape index (κ1) is 16.5. The van der Waals surface area contributed by atoms with Crippen LogP contribution in [0.3, 0.4) is 0 Å². The molecule has 22 heavy (non-hydrogen) atoms. The molecule has 0 spiro atoms. The van der Waals surface area contributed by atoms with Crippen molar-refractivity contribution in [2.24, 2.45) is 0 Å². The van der Waals surface area contributed by atoms with Gasteiger partial charge in [0.05, 0.1) is 10.7 Å². The molecular weight excluding hydrogens is 368 g/mol. The van der Waals surface area contributed by atoms with Gasteiger partial charge in [-0.2, -0.15) is 0 Å². The number of anilines is 2. The van der Waals surface area contributed by atoms with Gasteiger partial charge in [-0.3, -0.25) is 9.59 Å². The Morgan fingerprint density at radius 3 is 2.36 bits per heavy atom. The Labute approximate surface area is 142 Å². The van der Waals surface area contributed by atoms with Gasteiger partial charge in [-0.1, -0.05) is 34.5 Å². The highest BCUT2D eigenvalue weighted by Gasteiger charge is 2.09. The molecule has 4 nitrogen and oxygen atoms in total. The first-order valence-electron chi connectivity index (χ1n) is 6.66. The second-order valence-electron chi connectivity index (χ2n) is 4.56. The quantitative estimate of drug-likeness (QED) is 0.806. The summed E-state index contributed by atoms with van der Waals surface area (Å²) in [4.78, 5) is 23.5. The molecule has 2 aromatic rings. The summed E-state index contributed by atoms with van der Waals surface area (Å²) >= 11 is 9.38. The summed E-state index contributed by atoms with van der Waals surface area (Å²) in [6, 6.07) is 11.9. The highest BCUT2D eigenvalue weighted by Crippen LogP contribution is 2.26. The monoisotopic (exact) mass is 380 g/mol. The van der Waals surface area contributed by atoms with Crippen LogP contribution in [0.5, 0.6) is 0 Å². The fourth-order valence-electron chi connectivity index (χ4n) is 1.74. The van der Waals surface area contributed by atoms with E-state index in [0.717, 1.165) is 4.47 Å². The molecule has 0 fully saturated rings. The van der Waals surface area contributed by atoms with Crippen molar-refractivity contribution in [1.29, 1.82) is 0 Å². The summed E-state index contributed by atoms with van der Waals surface area (Å²) in [5, 5.41) is 5.93. The van der Waals surface area contributed by atoms with E-state index in [2.05, 4.69) is 26.6 Å². The molecule has 0 bridgehead atoms. The van der Waals surface area contributed by atoms with Crippen LogP contribution in [0.15, 0.2) is 46.9 Å². The van der Waals surface area contributed by atoms with Crippen LogP contribution in [0.4, 0.5) is 11.4 Å². The number of carbonyl (C=O) groups is 2. The van der Waals surface area contributed by atoms with Crippen LogP contribution in [0.25, 0.3) is 0 Å². The largest absolute Gasteiger partial charge is 0.326 e. The van der Waals surface area contributed by atoms with Crippen molar-refractivity contribution in [3.8, 4) is 0 Å². The Morgan fingerprint density at radius 1 is 1.09 bits per heavy atom. The van der Waals surface area contributed by atoms with Gasteiger partial charge in [-0.15, -0.1) is 0 Å². The van der Waals surface area contributed by atoms with Gasteiger partial charge in [0, 0.05) is 22.1 Å². The van der Waals surface area contributed by atoms with Crippen molar-refractivity contribution in [3.05, 3.63) is 57.5 Å². The molecule has 6 heteroatoms. The lowest BCUT2D eigenvalue weighted by Gasteiger charge is -2.08. The van der Waals surface area contributed by atoms with E-state index in [-0.39, 0.29) is 11.8 Å². The van der Waals surface area contributed by atoms with E-state index in [1.807, 2.05) is 0 Å². The normalized spacial score (nSPS) is 10.1. The summed E-state index contributed by atoms with van der Waals surface area (Å²) in [6.45, 7) is 1.78. The molecular formula is C16H14BrClN2O2. The van der Waals surface area contributed by atoms with Crippen molar-refractivity contribution >= 4 is 50.7 Å². The number of hydrogen-bond acceptors (Lipinski definition) is 2. The number of carbonyl (C=O) groups excluding carboxylic acids is 2. The Morgan fingerprint density at radius 2 is 1.77 bits per heavy atom. The second kappa shape index (κ2) is 7.42. The SMILES string of the molecule is CCC(=O)Nc1ccc(C(=O)Nc2ccc(Br)cc2Cl)cc1. The van der Waals surface area contributed by atoms with Crippen molar-refractivity contribution in [3.63, 3.8) is 0 Å². The molecule has 2 amide bonds. The first-order valence-corrected chi connectivity index (χ1v) is 7.83. The molecule has 0 aromatic heterocycles. The van der Waals surface area contributed by atoms with Gasteiger partial charge in [0.2, 0.25) is 5.91 Å². The average molecular weight is 382 g/mol. The molecule has 2 rings (SSSR count). The Balaban J connectivity index is 2.08. The third-order valence-electron chi connectivity index (χ3n) is 2.93. The molecule has 0 radical (unpaired) electrons. The minimum atomic E-state index is -0.266. The van der Waals surface area contributed by atoms with Gasteiger partial charge < -0.3 is 10.6 Å². The summed E-state index contributed by atoms with van der Waals surface area (Å²) in [5.41, 5.74) is 1.68. The lowest BCUT2D eigenvalue weighted by molar-refractivity contribution is -0.115. The van der Waals surface area contributed by atoms with Crippen molar-refractivity contribution in [1.82, 2.24) is 0 Å². The topological polar surface area (TPSA) is 58.2 Å². The van der Waals surface area contributed by atoms with E-state index in [9.17, 15) is 9.59 Å². The molecule has 0 unspecified atom stereocenters. The molecule has 0 aliphatic carbocycles. The Hall–Kier alpha value is -1.85. The number of halogens is 2. The van der Waals surface area contributed by atoms with Crippen molar-refractivity contribution in [2.75, 3.05) is 10.6 Å². The van der Waals surface area contributed by atoms with Crippen LogP contribution >= 0.6 is 27.5 Å². The minimum absolute atomic E-state index is 0.0705. The lowest BCUT2D eigenvalue weighted by Crippen LogP contribution is -2.13. The fourth-order valence-corrected chi connectivity index (χ4v) is 2.46. The zero-order chi connectivity index (χ0) is 16.1. The van der Waals surface area contributed by atoms with E-state index >= 15 is 0 Å². The number of rotatable bonds is 4. The van der Waals surface area contributed by atoms with E-state index in [0.29, 0.717) is 28.4 Å². The van der Waals surface area contributed by atoms with E-state index in [1.165, 1.54) is 0 Å². The molecule has 2 aromatic carbocycles. The predicted molar refractivity (Wildman–Crippen MR) is 92.5 cm³/mol. The Bertz CT molecular complexity index is 702. The molecule has 0 saturated carbocycles. The molecule has 0 heterocycles. The number of amides is 2. The zero-order valence-electron chi connectivity index (χ0n) is 11.8. The molecule has 0 aliphatic heterocycles. The standard InChI is InChI=1S/C16H14BrClN2O2/c1-2-15(21)19-12-6-3-10(4-7-12)16(22)20-14-8-5-11(17)9-13(14)18/h3-9H,2H2,1H3,(H,19,21)(H,20,22). The zero-order valence-corrected chi connectivity index (χ0v) is 14.2. The minimum Gasteiger partial charge on any atom is -0.326 e. The summed E-state index contributed by atoms with van der Waals surface area (Å²) in [7, 11) is 0. The van der Waals surface area contributed by atoms with Crippen LogP contribution in [0.1, 0.15) is 23.7 Å².